The summed E-state index contributed by atoms with van der Waals surface area (Å²) in [6.07, 6.45) is 5.82. The number of aromatic nitrogens is 2. The summed E-state index contributed by atoms with van der Waals surface area (Å²) >= 11 is 0. The number of nitrogens with zero attached hydrogens (tertiary/aromatic N) is 2. The van der Waals surface area contributed by atoms with Gasteiger partial charge in [0.2, 0.25) is 0 Å². The summed E-state index contributed by atoms with van der Waals surface area (Å²) in [5, 5.41) is 3.27. The third-order valence-corrected chi connectivity index (χ3v) is 3.11. The molecule has 0 saturated heterocycles. The molecule has 0 radical (unpaired) electrons. The number of fused-ring (bicyclic) bond motifs is 1. The highest BCUT2D eigenvalue weighted by atomic mass is 16.2. The first-order valence-electron chi connectivity index (χ1n) is 5.69. The molecular weight excluding hydrogens is 214 g/mol. The minimum Gasteiger partial charge on any atom is -0.302 e. The van der Waals surface area contributed by atoms with Crippen molar-refractivity contribution >= 4 is 5.91 Å². The average molecular weight is 227 g/mol. The van der Waals surface area contributed by atoms with Crippen LogP contribution < -0.4 is 5.32 Å². The van der Waals surface area contributed by atoms with Gasteiger partial charge < -0.3 is 5.32 Å². The Balaban J connectivity index is 1.98. The van der Waals surface area contributed by atoms with Gasteiger partial charge in [-0.2, -0.15) is 0 Å². The number of rotatable bonds is 1. The minimum absolute atomic E-state index is 0.0228. The zero-order chi connectivity index (χ0) is 11.7. The number of hydrogen-bond acceptors (Lipinski definition) is 3. The lowest BCUT2D eigenvalue weighted by Gasteiger charge is -2.25. The highest BCUT2D eigenvalue weighted by Crippen LogP contribution is 2.23. The normalized spacial score (nSPS) is 18.7. The molecule has 17 heavy (non-hydrogen) atoms. The molecule has 1 aliphatic rings. The number of carbonyl (C=O) groups excluding carboxylic acids is 1. The first kappa shape index (κ1) is 10.2. The molecule has 2 heterocycles. The third-order valence-electron chi connectivity index (χ3n) is 3.11. The number of imidazole rings is 1. The Kier molecular flexibility index (Phi) is 2.49. The number of benzene rings is 1. The van der Waals surface area contributed by atoms with E-state index in [0.29, 0.717) is 0 Å². The zero-order valence-electron chi connectivity index (χ0n) is 9.34. The van der Waals surface area contributed by atoms with Crippen LogP contribution in [0, 0.1) is 0 Å². The maximum atomic E-state index is 12.3. The van der Waals surface area contributed by atoms with Crippen LogP contribution in [0.15, 0.2) is 43.0 Å². The lowest BCUT2D eigenvalue weighted by molar-refractivity contribution is 0.0855. The van der Waals surface area contributed by atoms with Gasteiger partial charge in [-0.15, -0.1) is 0 Å². The van der Waals surface area contributed by atoms with Crippen molar-refractivity contribution in [2.24, 2.45) is 0 Å². The van der Waals surface area contributed by atoms with E-state index in [-0.39, 0.29) is 11.9 Å². The second kappa shape index (κ2) is 4.14. The highest BCUT2D eigenvalue weighted by Gasteiger charge is 2.26. The van der Waals surface area contributed by atoms with Crippen LogP contribution in [-0.2, 0) is 6.42 Å². The van der Waals surface area contributed by atoms with Crippen molar-refractivity contribution < 1.29 is 4.79 Å². The molecule has 1 atom stereocenters. The van der Waals surface area contributed by atoms with Gasteiger partial charge in [-0.25, -0.2) is 4.98 Å². The van der Waals surface area contributed by atoms with Crippen molar-refractivity contribution in [1.29, 1.82) is 0 Å². The van der Waals surface area contributed by atoms with Crippen molar-refractivity contribution in [2.45, 2.75) is 12.5 Å². The van der Waals surface area contributed by atoms with Crippen LogP contribution in [-0.4, -0.2) is 22.0 Å². The quantitative estimate of drug-likeness (QED) is 0.801. The molecule has 1 aromatic carbocycles. The smallest absolute Gasteiger partial charge is 0.253 e. The predicted octanol–water partition coefficient (Wildman–Crippen LogP) is 1.41. The van der Waals surface area contributed by atoms with E-state index in [4.69, 9.17) is 0 Å². The molecule has 1 unspecified atom stereocenters. The van der Waals surface area contributed by atoms with Gasteiger partial charge in [0.05, 0.1) is 0 Å². The van der Waals surface area contributed by atoms with Gasteiger partial charge in [0, 0.05) is 18.9 Å². The van der Waals surface area contributed by atoms with E-state index in [0.717, 1.165) is 18.5 Å². The molecule has 0 aliphatic carbocycles. The molecule has 3 rings (SSSR count). The fourth-order valence-corrected chi connectivity index (χ4v) is 2.26. The van der Waals surface area contributed by atoms with Crippen molar-refractivity contribution in [3.63, 3.8) is 0 Å². The highest BCUT2D eigenvalue weighted by molar-refractivity contribution is 5.86. The molecule has 2 aromatic rings. The zero-order valence-corrected chi connectivity index (χ0v) is 9.34. The Hall–Kier alpha value is -1.94. The van der Waals surface area contributed by atoms with Crippen molar-refractivity contribution in [2.75, 3.05) is 6.54 Å². The number of carbonyl (C=O) groups is 1. The summed E-state index contributed by atoms with van der Waals surface area (Å²) in [5.74, 6) is 0.0228. The fourth-order valence-electron chi connectivity index (χ4n) is 2.26. The Morgan fingerprint density at radius 3 is 3.12 bits per heavy atom. The predicted molar refractivity (Wildman–Crippen MR) is 63.7 cm³/mol. The Morgan fingerprint density at radius 1 is 1.41 bits per heavy atom. The summed E-state index contributed by atoms with van der Waals surface area (Å²) in [4.78, 5) is 16.2. The van der Waals surface area contributed by atoms with E-state index in [9.17, 15) is 4.79 Å². The van der Waals surface area contributed by atoms with Crippen LogP contribution in [0.4, 0.5) is 0 Å². The van der Waals surface area contributed by atoms with Gasteiger partial charge in [0.15, 0.2) is 0 Å². The second-order valence-corrected chi connectivity index (χ2v) is 4.14. The van der Waals surface area contributed by atoms with Crippen LogP contribution in [0.3, 0.4) is 0 Å². The summed E-state index contributed by atoms with van der Waals surface area (Å²) in [7, 11) is 0. The van der Waals surface area contributed by atoms with E-state index in [1.807, 2.05) is 18.2 Å². The van der Waals surface area contributed by atoms with Gasteiger partial charge in [-0.05, 0) is 17.5 Å². The van der Waals surface area contributed by atoms with E-state index >= 15 is 0 Å². The lowest BCUT2D eigenvalue weighted by atomic mass is 9.94. The molecule has 86 valence electrons. The molecular formula is C13H13N3O. The first-order valence-corrected chi connectivity index (χ1v) is 5.69. The molecule has 1 aliphatic heterocycles. The summed E-state index contributed by atoms with van der Waals surface area (Å²) in [6.45, 7) is 0.835. The monoisotopic (exact) mass is 227 g/mol. The standard InChI is InChI=1S/C13H13N3O/c17-13(16-8-7-14-9-16)12-11-4-2-1-3-10(11)5-6-15-12/h1-4,7-9,12,15H,5-6H2. The maximum Gasteiger partial charge on any atom is 0.253 e. The van der Waals surface area contributed by atoms with Crippen molar-refractivity contribution in [3.8, 4) is 0 Å². The molecule has 0 bridgehead atoms. The van der Waals surface area contributed by atoms with Gasteiger partial charge >= 0.3 is 0 Å². The maximum absolute atomic E-state index is 12.3. The molecule has 1 aromatic heterocycles. The van der Waals surface area contributed by atoms with Crippen LogP contribution in [0.25, 0.3) is 0 Å². The van der Waals surface area contributed by atoms with E-state index in [1.165, 1.54) is 10.1 Å². The van der Waals surface area contributed by atoms with Crippen molar-refractivity contribution in [3.05, 3.63) is 54.1 Å². The van der Waals surface area contributed by atoms with Gasteiger partial charge in [-0.3, -0.25) is 9.36 Å². The van der Waals surface area contributed by atoms with Crippen LogP contribution in [0.5, 0.6) is 0 Å². The summed E-state index contributed by atoms with van der Waals surface area (Å²) < 4.78 is 1.53. The van der Waals surface area contributed by atoms with Gasteiger partial charge in [0.1, 0.15) is 12.4 Å². The van der Waals surface area contributed by atoms with Gasteiger partial charge in [-0.1, -0.05) is 24.3 Å². The Labute approximate surface area is 99.3 Å². The van der Waals surface area contributed by atoms with E-state index < -0.39 is 0 Å². The molecule has 4 nitrogen and oxygen atoms in total. The topological polar surface area (TPSA) is 46.9 Å². The Bertz CT molecular complexity index is 533. The van der Waals surface area contributed by atoms with Crippen LogP contribution in [0.1, 0.15) is 22.0 Å². The number of hydrogen-bond donors (Lipinski definition) is 1. The molecule has 0 fully saturated rings. The number of nitrogens with one attached hydrogen (secondary N) is 1. The lowest BCUT2D eigenvalue weighted by Crippen LogP contribution is -2.37. The molecule has 0 spiro atoms. The van der Waals surface area contributed by atoms with Crippen LogP contribution >= 0.6 is 0 Å². The summed E-state index contributed by atoms with van der Waals surface area (Å²) in [6, 6.07) is 7.84. The first-order chi connectivity index (χ1) is 8.36. The van der Waals surface area contributed by atoms with Crippen molar-refractivity contribution in [1.82, 2.24) is 14.9 Å². The SMILES string of the molecule is O=C(C1NCCc2ccccc21)n1ccnc1. The molecule has 1 N–H and O–H groups in total. The second-order valence-electron chi connectivity index (χ2n) is 4.14. The third kappa shape index (κ3) is 1.76. The Morgan fingerprint density at radius 2 is 2.29 bits per heavy atom. The van der Waals surface area contributed by atoms with E-state index in [2.05, 4.69) is 16.4 Å². The molecule has 0 saturated carbocycles. The van der Waals surface area contributed by atoms with Gasteiger partial charge in [0.25, 0.3) is 5.91 Å². The molecule has 0 amide bonds. The average Bonchev–Trinajstić information content (AvgIpc) is 2.91. The summed E-state index contributed by atoms with van der Waals surface area (Å²) in [5.41, 5.74) is 2.34. The van der Waals surface area contributed by atoms with Crippen LogP contribution in [0.2, 0.25) is 0 Å². The van der Waals surface area contributed by atoms with E-state index in [1.54, 1.807) is 18.7 Å². The largest absolute Gasteiger partial charge is 0.302 e. The fraction of sp³-hybridized carbons (Fsp3) is 0.231. The molecule has 4 heteroatoms. The minimum atomic E-state index is -0.255.